The van der Waals surface area contributed by atoms with Crippen molar-refractivity contribution in [2.45, 2.75) is 0 Å². The van der Waals surface area contributed by atoms with E-state index in [-0.39, 0.29) is 22.9 Å². The summed E-state index contributed by atoms with van der Waals surface area (Å²) in [7, 11) is 2.10. The zero-order valence-corrected chi connectivity index (χ0v) is 18.2. The SMILES string of the molecule is COc1cc(NC(=O)c2c(F)c(F)c(OC)c(F)c2F)ccc1NC(=O)c1cc2ccccc2o1. The number of amides is 2. The molecule has 0 spiro atoms. The number of hydrogen-bond acceptors (Lipinski definition) is 5. The van der Waals surface area contributed by atoms with Crippen molar-refractivity contribution in [2.75, 3.05) is 24.9 Å². The van der Waals surface area contributed by atoms with Crippen molar-refractivity contribution in [1.82, 2.24) is 0 Å². The Hall–Kier alpha value is -4.54. The van der Waals surface area contributed by atoms with Gasteiger partial charge in [-0.25, -0.2) is 8.78 Å². The zero-order valence-electron chi connectivity index (χ0n) is 18.2. The zero-order chi connectivity index (χ0) is 25.3. The largest absolute Gasteiger partial charge is 0.494 e. The monoisotopic (exact) mass is 488 g/mol. The molecule has 4 aromatic rings. The second-order valence-corrected chi connectivity index (χ2v) is 7.14. The summed E-state index contributed by atoms with van der Waals surface area (Å²) in [6.45, 7) is 0. The van der Waals surface area contributed by atoms with Gasteiger partial charge < -0.3 is 24.5 Å². The molecule has 2 N–H and O–H groups in total. The minimum Gasteiger partial charge on any atom is -0.494 e. The Morgan fingerprint density at radius 1 is 0.800 bits per heavy atom. The summed E-state index contributed by atoms with van der Waals surface area (Å²) in [5.74, 6) is -10.7. The third-order valence-electron chi connectivity index (χ3n) is 5.01. The molecule has 1 heterocycles. The third kappa shape index (κ3) is 4.35. The van der Waals surface area contributed by atoms with Crippen LogP contribution in [0.5, 0.6) is 11.5 Å². The fraction of sp³-hybridized carbons (Fsp3) is 0.0833. The maximum atomic E-state index is 14.2. The first kappa shape index (κ1) is 23.6. The van der Waals surface area contributed by atoms with Crippen molar-refractivity contribution in [1.29, 1.82) is 0 Å². The Labute approximate surface area is 195 Å². The molecule has 3 aromatic carbocycles. The number of methoxy groups -OCH3 is 2. The molecular formula is C24H16F4N2O5. The van der Waals surface area contributed by atoms with E-state index in [0.29, 0.717) is 5.58 Å². The van der Waals surface area contributed by atoms with Crippen LogP contribution >= 0.6 is 0 Å². The van der Waals surface area contributed by atoms with Gasteiger partial charge in [-0.2, -0.15) is 8.78 Å². The van der Waals surface area contributed by atoms with Gasteiger partial charge in [0, 0.05) is 17.1 Å². The van der Waals surface area contributed by atoms with Crippen LogP contribution in [0.1, 0.15) is 20.9 Å². The van der Waals surface area contributed by atoms with E-state index < -0.39 is 46.4 Å². The van der Waals surface area contributed by atoms with E-state index in [2.05, 4.69) is 15.4 Å². The van der Waals surface area contributed by atoms with Gasteiger partial charge in [0.1, 0.15) is 16.9 Å². The van der Waals surface area contributed by atoms with Crippen molar-refractivity contribution in [3.05, 3.63) is 83.1 Å². The van der Waals surface area contributed by atoms with Crippen LogP contribution in [0.2, 0.25) is 0 Å². The van der Waals surface area contributed by atoms with Crippen LogP contribution < -0.4 is 20.1 Å². The highest BCUT2D eigenvalue weighted by Gasteiger charge is 2.30. The molecule has 2 amide bonds. The summed E-state index contributed by atoms with van der Waals surface area (Å²) in [6, 6.07) is 12.5. The first-order valence-corrected chi connectivity index (χ1v) is 9.94. The fourth-order valence-corrected chi connectivity index (χ4v) is 3.33. The lowest BCUT2D eigenvalue weighted by molar-refractivity contribution is 0.0994. The van der Waals surface area contributed by atoms with E-state index in [1.807, 2.05) is 0 Å². The highest BCUT2D eigenvalue weighted by atomic mass is 19.2. The predicted molar refractivity (Wildman–Crippen MR) is 118 cm³/mol. The van der Waals surface area contributed by atoms with Crippen molar-refractivity contribution in [3.63, 3.8) is 0 Å². The van der Waals surface area contributed by atoms with E-state index in [1.165, 1.54) is 25.3 Å². The molecule has 7 nitrogen and oxygen atoms in total. The molecule has 0 fully saturated rings. The highest BCUT2D eigenvalue weighted by Crippen LogP contribution is 2.32. The van der Waals surface area contributed by atoms with Crippen LogP contribution in [-0.4, -0.2) is 26.0 Å². The first-order valence-electron chi connectivity index (χ1n) is 9.94. The highest BCUT2D eigenvalue weighted by molar-refractivity contribution is 6.07. The van der Waals surface area contributed by atoms with Gasteiger partial charge in [0.25, 0.3) is 11.8 Å². The van der Waals surface area contributed by atoms with Crippen LogP contribution in [0.4, 0.5) is 28.9 Å². The second-order valence-electron chi connectivity index (χ2n) is 7.14. The molecule has 35 heavy (non-hydrogen) atoms. The van der Waals surface area contributed by atoms with Gasteiger partial charge >= 0.3 is 0 Å². The van der Waals surface area contributed by atoms with Crippen molar-refractivity contribution >= 4 is 34.2 Å². The first-order chi connectivity index (χ1) is 16.7. The molecule has 0 aliphatic rings. The smallest absolute Gasteiger partial charge is 0.291 e. The van der Waals surface area contributed by atoms with Crippen LogP contribution in [0.15, 0.2) is 52.9 Å². The van der Waals surface area contributed by atoms with E-state index in [4.69, 9.17) is 9.15 Å². The quantitative estimate of drug-likeness (QED) is 0.276. The Bertz CT molecular complexity index is 1410. The number of carbonyl (C=O) groups excluding carboxylic acids is 2. The summed E-state index contributed by atoms with van der Waals surface area (Å²) in [5, 5.41) is 5.46. The fourth-order valence-electron chi connectivity index (χ4n) is 3.33. The van der Waals surface area contributed by atoms with Crippen LogP contribution in [0.25, 0.3) is 11.0 Å². The molecule has 0 saturated carbocycles. The van der Waals surface area contributed by atoms with Gasteiger partial charge in [-0.05, 0) is 24.3 Å². The molecule has 0 radical (unpaired) electrons. The number of benzene rings is 3. The predicted octanol–water partition coefficient (Wildman–Crippen LogP) is 5.51. The van der Waals surface area contributed by atoms with Crippen molar-refractivity contribution in [3.8, 4) is 11.5 Å². The maximum Gasteiger partial charge on any atom is 0.291 e. The number of hydrogen-bond donors (Lipinski definition) is 2. The van der Waals surface area contributed by atoms with E-state index in [1.54, 1.807) is 30.3 Å². The molecule has 0 saturated heterocycles. The lowest BCUT2D eigenvalue weighted by atomic mass is 10.1. The lowest BCUT2D eigenvalue weighted by Gasteiger charge is -2.13. The van der Waals surface area contributed by atoms with Gasteiger partial charge in [0.15, 0.2) is 23.1 Å². The number of rotatable bonds is 6. The molecule has 180 valence electrons. The number of nitrogens with one attached hydrogen (secondary N) is 2. The normalized spacial score (nSPS) is 10.8. The van der Waals surface area contributed by atoms with Gasteiger partial charge in [-0.1, -0.05) is 18.2 Å². The summed E-state index contributed by atoms with van der Waals surface area (Å²) in [6.07, 6.45) is 0. The van der Waals surface area contributed by atoms with Gasteiger partial charge in [0.05, 0.1) is 19.9 Å². The Morgan fingerprint density at radius 2 is 1.49 bits per heavy atom. The summed E-state index contributed by atoms with van der Waals surface area (Å²) in [5.41, 5.74) is -0.797. The number of anilines is 2. The van der Waals surface area contributed by atoms with Crippen LogP contribution in [0, 0.1) is 23.3 Å². The Balaban J connectivity index is 1.57. The molecule has 0 atom stereocenters. The minimum atomic E-state index is -1.92. The maximum absolute atomic E-state index is 14.2. The average Bonchev–Trinajstić information content (AvgIpc) is 3.29. The number of ether oxygens (including phenoxy) is 2. The Morgan fingerprint density at radius 3 is 2.11 bits per heavy atom. The lowest BCUT2D eigenvalue weighted by Crippen LogP contribution is -2.19. The Kier molecular flexibility index (Phi) is 6.32. The van der Waals surface area contributed by atoms with E-state index in [0.717, 1.165) is 12.5 Å². The number of fused-ring (bicyclic) bond motifs is 1. The molecule has 0 bridgehead atoms. The van der Waals surface area contributed by atoms with Gasteiger partial charge in [-0.3, -0.25) is 9.59 Å². The molecule has 11 heteroatoms. The molecule has 4 rings (SSSR count). The van der Waals surface area contributed by atoms with Crippen LogP contribution in [0.3, 0.4) is 0 Å². The average molecular weight is 488 g/mol. The summed E-state index contributed by atoms with van der Waals surface area (Å²) in [4.78, 5) is 25.0. The molecule has 0 aliphatic carbocycles. The number of furan rings is 1. The number of carbonyl (C=O) groups is 2. The molecule has 0 aliphatic heterocycles. The molecular weight excluding hydrogens is 472 g/mol. The minimum absolute atomic E-state index is 0.0379. The van der Waals surface area contributed by atoms with E-state index >= 15 is 0 Å². The topological polar surface area (TPSA) is 89.8 Å². The molecule has 1 aromatic heterocycles. The van der Waals surface area contributed by atoms with Gasteiger partial charge in [0.2, 0.25) is 11.6 Å². The van der Waals surface area contributed by atoms with Crippen molar-refractivity contribution < 1.29 is 41.0 Å². The summed E-state index contributed by atoms with van der Waals surface area (Å²) >= 11 is 0. The number of halogens is 4. The standard InChI is InChI=1S/C24H16F4N2O5/c1-33-15-10-12(29-24(32)17-18(25)20(27)22(34-2)21(28)19(17)26)7-8-13(15)30-23(31)16-9-11-5-3-4-6-14(11)35-16/h3-10H,1-2H3,(H,29,32)(H,30,31). The summed E-state index contributed by atoms with van der Waals surface area (Å²) < 4.78 is 71.4. The second kappa shape index (κ2) is 9.37. The number of para-hydroxylation sites is 1. The van der Waals surface area contributed by atoms with Crippen LogP contribution in [-0.2, 0) is 0 Å². The van der Waals surface area contributed by atoms with Crippen molar-refractivity contribution in [2.24, 2.45) is 0 Å². The molecule has 0 unspecified atom stereocenters. The third-order valence-corrected chi connectivity index (χ3v) is 5.01. The van der Waals surface area contributed by atoms with E-state index in [9.17, 15) is 27.2 Å². The van der Waals surface area contributed by atoms with Gasteiger partial charge in [-0.15, -0.1) is 0 Å².